The van der Waals surface area contributed by atoms with Crippen LogP contribution in [0.4, 0.5) is 19.7 Å². The first-order valence-electron chi connectivity index (χ1n) is 9.18. The third-order valence-electron chi connectivity index (χ3n) is 4.88. The summed E-state index contributed by atoms with van der Waals surface area (Å²) in [7, 11) is 0. The van der Waals surface area contributed by atoms with Crippen molar-refractivity contribution in [2.75, 3.05) is 11.9 Å². The Labute approximate surface area is 172 Å². The van der Waals surface area contributed by atoms with Crippen molar-refractivity contribution in [3.63, 3.8) is 0 Å². The second-order valence-corrected chi connectivity index (χ2v) is 7.27. The molecule has 0 bridgehead atoms. The molecule has 2 aromatic rings. The van der Waals surface area contributed by atoms with Gasteiger partial charge >= 0.3 is 12.1 Å². The monoisotopic (exact) mass is 412 g/mol. The molecule has 1 fully saturated rings. The zero-order chi connectivity index (χ0) is 22.1. The van der Waals surface area contributed by atoms with E-state index in [4.69, 9.17) is 0 Å². The number of aryl methyl sites for hydroxylation is 2. The number of carbonyl (C=O) groups excluding carboxylic acids is 4. The summed E-state index contributed by atoms with van der Waals surface area (Å²) in [6, 6.07) is 8.95. The van der Waals surface area contributed by atoms with Crippen LogP contribution in [0.1, 0.15) is 23.6 Å². The molecule has 0 saturated carbocycles. The van der Waals surface area contributed by atoms with Crippen LogP contribution in [0.2, 0.25) is 0 Å². The molecule has 0 aromatic heterocycles. The number of imide groups is 2. The molecule has 1 unspecified atom stereocenters. The first-order chi connectivity index (χ1) is 14.1. The quantitative estimate of drug-likeness (QED) is 0.671. The molecule has 2 aromatic carbocycles. The summed E-state index contributed by atoms with van der Waals surface area (Å²) >= 11 is 0. The third-order valence-corrected chi connectivity index (χ3v) is 4.88. The number of nitrogens with one attached hydrogen (secondary N) is 3. The minimum Gasteiger partial charge on any atom is -0.319 e. The molecule has 3 N–H and O–H groups in total. The van der Waals surface area contributed by atoms with Gasteiger partial charge in [0.25, 0.3) is 5.91 Å². The van der Waals surface area contributed by atoms with Crippen molar-refractivity contribution >= 4 is 29.6 Å². The van der Waals surface area contributed by atoms with E-state index in [1.807, 2.05) is 26.0 Å². The van der Waals surface area contributed by atoms with E-state index < -0.39 is 41.8 Å². The Kier molecular flexibility index (Phi) is 5.55. The number of hydrogen-bond donors (Lipinski definition) is 3. The molecule has 9 heteroatoms. The average Bonchev–Trinajstić information content (AvgIpc) is 2.88. The van der Waals surface area contributed by atoms with Crippen LogP contribution in [0.25, 0.3) is 0 Å². The first kappa shape index (κ1) is 21.0. The van der Waals surface area contributed by atoms with Crippen LogP contribution < -0.4 is 16.0 Å². The minimum atomic E-state index is -1.44. The van der Waals surface area contributed by atoms with Gasteiger partial charge in [-0.2, -0.15) is 0 Å². The van der Waals surface area contributed by atoms with Gasteiger partial charge in [-0.15, -0.1) is 0 Å². The van der Waals surface area contributed by atoms with Gasteiger partial charge < -0.3 is 10.6 Å². The SMILES string of the molecule is Cc1ccc(NC(=O)NC(=O)CN2C(=O)NC(C)(c3ccc(F)cc3)C2=O)c(C)c1. The predicted molar refractivity (Wildman–Crippen MR) is 107 cm³/mol. The van der Waals surface area contributed by atoms with Crippen LogP contribution in [0, 0.1) is 19.7 Å². The molecule has 156 valence electrons. The molecule has 6 amide bonds. The molecule has 0 spiro atoms. The fraction of sp³-hybridized carbons (Fsp3) is 0.238. The third kappa shape index (κ3) is 4.14. The Balaban J connectivity index is 1.64. The van der Waals surface area contributed by atoms with Gasteiger partial charge in [-0.3, -0.25) is 19.8 Å². The van der Waals surface area contributed by atoms with Crippen LogP contribution in [0.5, 0.6) is 0 Å². The number of hydrogen-bond acceptors (Lipinski definition) is 4. The molecule has 30 heavy (non-hydrogen) atoms. The van der Waals surface area contributed by atoms with E-state index in [1.165, 1.54) is 31.2 Å². The zero-order valence-corrected chi connectivity index (χ0v) is 16.7. The summed E-state index contributed by atoms with van der Waals surface area (Å²) in [5, 5.41) is 7.16. The van der Waals surface area contributed by atoms with Crippen LogP contribution in [-0.4, -0.2) is 35.3 Å². The summed E-state index contributed by atoms with van der Waals surface area (Å²) in [4.78, 5) is 50.1. The Bertz CT molecular complexity index is 1040. The summed E-state index contributed by atoms with van der Waals surface area (Å²) in [6.45, 7) is 4.55. The van der Waals surface area contributed by atoms with Crippen LogP contribution in [-0.2, 0) is 15.1 Å². The molecular formula is C21H21FN4O4. The van der Waals surface area contributed by atoms with E-state index in [0.29, 0.717) is 16.2 Å². The fourth-order valence-corrected chi connectivity index (χ4v) is 3.24. The van der Waals surface area contributed by atoms with E-state index in [-0.39, 0.29) is 0 Å². The number of anilines is 1. The average molecular weight is 412 g/mol. The van der Waals surface area contributed by atoms with Gasteiger partial charge in [-0.1, -0.05) is 29.8 Å². The highest BCUT2D eigenvalue weighted by molar-refractivity contribution is 6.10. The number of benzene rings is 2. The molecule has 1 saturated heterocycles. The lowest BCUT2D eigenvalue weighted by atomic mass is 9.92. The summed E-state index contributed by atoms with van der Waals surface area (Å²) in [6.07, 6.45) is 0. The first-order valence-corrected chi connectivity index (χ1v) is 9.18. The van der Waals surface area contributed by atoms with Crippen LogP contribution >= 0.6 is 0 Å². The van der Waals surface area contributed by atoms with Gasteiger partial charge in [-0.05, 0) is 50.1 Å². The van der Waals surface area contributed by atoms with Gasteiger partial charge in [0.15, 0.2) is 0 Å². The summed E-state index contributed by atoms with van der Waals surface area (Å²) in [5.74, 6) is -1.99. The maximum atomic E-state index is 13.2. The molecular weight excluding hydrogens is 391 g/mol. The van der Waals surface area contributed by atoms with Crippen molar-refractivity contribution in [1.82, 2.24) is 15.5 Å². The zero-order valence-electron chi connectivity index (χ0n) is 16.7. The Morgan fingerprint density at radius 2 is 1.77 bits per heavy atom. The van der Waals surface area contributed by atoms with Crippen molar-refractivity contribution in [2.45, 2.75) is 26.3 Å². The highest BCUT2D eigenvalue weighted by Gasteiger charge is 2.49. The van der Waals surface area contributed by atoms with Gasteiger partial charge in [-0.25, -0.2) is 14.0 Å². The number of carbonyl (C=O) groups is 4. The Morgan fingerprint density at radius 3 is 2.40 bits per heavy atom. The van der Waals surface area contributed by atoms with Crippen LogP contribution in [0.3, 0.4) is 0 Å². The smallest absolute Gasteiger partial charge is 0.319 e. The molecule has 3 rings (SSSR count). The molecule has 1 atom stereocenters. The van der Waals surface area contributed by atoms with Crippen molar-refractivity contribution < 1.29 is 23.6 Å². The number of rotatable bonds is 4. The molecule has 1 aliphatic rings. The van der Waals surface area contributed by atoms with Crippen molar-refractivity contribution in [3.05, 3.63) is 65.0 Å². The van der Waals surface area contributed by atoms with Crippen molar-refractivity contribution in [3.8, 4) is 0 Å². The van der Waals surface area contributed by atoms with Gasteiger partial charge in [0, 0.05) is 5.69 Å². The molecule has 0 aliphatic carbocycles. The summed E-state index contributed by atoms with van der Waals surface area (Å²) in [5.41, 5.74) is 1.31. The number of halogens is 1. The van der Waals surface area contributed by atoms with Crippen LogP contribution in [0.15, 0.2) is 42.5 Å². The van der Waals surface area contributed by atoms with E-state index in [0.717, 1.165) is 11.1 Å². The van der Waals surface area contributed by atoms with Crippen molar-refractivity contribution in [1.29, 1.82) is 0 Å². The van der Waals surface area contributed by atoms with Gasteiger partial charge in [0.1, 0.15) is 17.9 Å². The highest BCUT2D eigenvalue weighted by atomic mass is 19.1. The Hall–Kier alpha value is -3.75. The number of urea groups is 2. The lowest BCUT2D eigenvalue weighted by molar-refractivity contribution is -0.134. The Morgan fingerprint density at radius 1 is 1.10 bits per heavy atom. The lowest BCUT2D eigenvalue weighted by Gasteiger charge is -2.22. The fourth-order valence-electron chi connectivity index (χ4n) is 3.24. The van der Waals surface area contributed by atoms with Gasteiger partial charge in [0.2, 0.25) is 5.91 Å². The number of amides is 6. The number of nitrogens with zero attached hydrogens (tertiary/aromatic N) is 1. The second kappa shape index (κ2) is 7.94. The maximum absolute atomic E-state index is 13.2. The standard InChI is InChI=1S/C21H21FN4O4/c1-12-4-9-16(13(2)10-12)23-19(29)24-17(27)11-26-18(28)21(3,25-20(26)30)14-5-7-15(22)8-6-14/h4-10H,11H2,1-3H3,(H,25,30)(H2,23,24,27,29). The second-order valence-electron chi connectivity index (χ2n) is 7.27. The molecule has 8 nitrogen and oxygen atoms in total. The predicted octanol–water partition coefficient (Wildman–Crippen LogP) is 2.56. The minimum absolute atomic E-state index is 0.373. The molecule has 0 radical (unpaired) electrons. The maximum Gasteiger partial charge on any atom is 0.325 e. The van der Waals surface area contributed by atoms with Crippen molar-refractivity contribution in [2.24, 2.45) is 0 Å². The summed E-state index contributed by atoms with van der Waals surface area (Å²) < 4.78 is 13.2. The van der Waals surface area contributed by atoms with E-state index in [2.05, 4.69) is 16.0 Å². The van der Waals surface area contributed by atoms with E-state index >= 15 is 0 Å². The lowest BCUT2D eigenvalue weighted by Crippen LogP contribution is -2.45. The van der Waals surface area contributed by atoms with E-state index in [1.54, 1.807) is 6.07 Å². The molecule has 1 aliphatic heterocycles. The topological polar surface area (TPSA) is 108 Å². The highest BCUT2D eigenvalue weighted by Crippen LogP contribution is 2.28. The van der Waals surface area contributed by atoms with Gasteiger partial charge in [0.05, 0.1) is 0 Å². The normalized spacial score (nSPS) is 18.2. The van der Waals surface area contributed by atoms with E-state index in [9.17, 15) is 23.6 Å². The molecule has 1 heterocycles. The largest absolute Gasteiger partial charge is 0.325 e.